The maximum absolute atomic E-state index is 9.74. The van der Waals surface area contributed by atoms with Crippen molar-refractivity contribution in [3.8, 4) is 5.75 Å². The Labute approximate surface area is 125 Å². The SMILES string of the molecule is Oc1ccc2c(c1)C(NCC1Cc3ccccc31)CCC2. The van der Waals surface area contributed by atoms with Crippen molar-refractivity contribution in [3.63, 3.8) is 0 Å². The van der Waals surface area contributed by atoms with Crippen LogP contribution in [0.2, 0.25) is 0 Å². The third kappa shape index (κ3) is 2.34. The van der Waals surface area contributed by atoms with Crippen LogP contribution in [-0.4, -0.2) is 11.7 Å². The van der Waals surface area contributed by atoms with Gasteiger partial charge in [-0.15, -0.1) is 0 Å². The molecular weight excluding hydrogens is 258 g/mol. The second-order valence-electron chi connectivity index (χ2n) is 6.34. The molecule has 2 aromatic rings. The average molecular weight is 279 g/mol. The molecule has 2 unspecified atom stereocenters. The van der Waals surface area contributed by atoms with Gasteiger partial charge in [0.1, 0.15) is 5.75 Å². The number of phenols is 1. The van der Waals surface area contributed by atoms with E-state index in [0.717, 1.165) is 13.0 Å². The van der Waals surface area contributed by atoms with E-state index in [-0.39, 0.29) is 0 Å². The van der Waals surface area contributed by atoms with Crippen LogP contribution in [0.5, 0.6) is 5.75 Å². The molecule has 0 aromatic heterocycles. The highest BCUT2D eigenvalue weighted by Crippen LogP contribution is 2.36. The zero-order chi connectivity index (χ0) is 14.2. The molecule has 2 nitrogen and oxygen atoms in total. The zero-order valence-corrected chi connectivity index (χ0v) is 12.2. The minimum absolute atomic E-state index is 0.386. The Balaban J connectivity index is 1.47. The summed E-state index contributed by atoms with van der Waals surface area (Å²) < 4.78 is 0. The molecule has 2 N–H and O–H groups in total. The van der Waals surface area contributed by atoms with Crippen molar-refractivity contribution in [1.29, 1.82) is 0 Å². The van der Waals surface area contributed by atoms with Gasteiger partial charge in [-0.05, 0) is 60.1 Å². The summed E-state index contributed by atoms with van der Waals surface area (Å²) >= 11 is 0. The van der Waals surface area contributed by atoms with E-state index in [0.29, 0.717) is 17.7 Å². The monoisotopic (exact) mass is 279 g/mol. The van der Waals surface area contributed by atoms with Crippen molar-refractivity contribution in [3.05, 3.63) is 64.7 Å². The highest BCUT2D eigenvalue weighted by molar-refractivity contribution is 5.41. The molecule has 108 valence electrons. The number of aryl methyl sites for hydroxylation is 1. The fourth-order valence-electron chi connectivity index (χ4n) is 3.83. The molecular formula is C19H21NO. The first-order valence-electron chi connectivity index (χ1n) is 7.94. The molecule has 0 spiro atoms. The molecule has 21 heavy (non-hydrogen) atoms. The number of hydrogen-bond donors (Lipinski definition) is 2. The van der Waals surface area contributed by atoms with Crippen molar-refractivity contribution in [2.75, 3.05) is 6.54 Å². The first-order chi connectivity index (χ1) is 10.3. The fourth-order valence-corrected chi connectivity index (χ4v) is 3.83. The van der Waals surface area contributed by atoms with Gasteiger partial charge in [0, 0.05) is 18.5 Å². The summed E-state index contributed by atoms with van der Waals surface area (Å²) in [4.78, 5) is 0. The summed E-state index contributed by atoms with van der Waals surface area (Å²) in [6, 6.07) is 15.0. The number of nitrogens with one attached hydrogen (secondary N) is 1. The van der Waals surface area contributed by atoms with Crippen LogP contribution < -0.4 is 5.32 Å². The molecule has 2 aromatic carbocycles. The number of aromatic hydroxyl groups is 1. The summed E-state index contributed by atoms with van der Waals surface area (Å²) in [5, 5.41) is 13.5. The molecule has 0 saturated heterocycles. The molecule has 2 aliphatic carbocycles. The predicted octanol–water partition coefficient (Wildman–Crippen LogP) is 3.70. The normalized spacial score (nSPS) is 23.0. The topological polar surface area (TPSA) is 32.3 Å². The lowest BCUT2D eigenvalue weighted by atomic mass is 9.77. The molecule has 2 atom stereocenters. The van der Waals surface area contributed by atoms with Crippen molar-refractivity contribution < 1.29 is 5.11 Å². The summed E-state index contributed by atoms with van der Waals surface area (Å²) in [5.41, 5.74) is 5.71. The van der Waals surface area contributed by atoms with Crippen molar-refractivity contribution >= 4 is 0 Å². The van der Waals surface area contributed by atoms with Gasteiger partial charge >= 0.3 is 0 Å². The van der Waals surface area contributed by atoms with Crippen LogP contribution in [-0.2, 0) is 12.8 Å². The summed E-state index contributed by atoms with van der Waals surface area (Å²) in [7, 11) is 0. The fraction of sp³-hybridized carbons (Fsp3) is 0.368. The largest absolute Gasteiger partial charge is 0.508 e. The Bertz CT molecular complexity index is 664. The van der Waals surface area contributed by atoms with Gasteiger partial charge in [0.25, 0.3) is 0 Å². The molecule has 0 aliphatic heterocycles. The van der Waals surface area contributed by atoms with E-state index in [1.165, 1.54) is 41.5 Å². The van der Waals surface area contributed by atoms with Gasteiger partial charge in [-0.3, -0.25) is 0 Å². The van der Waals surface area contributed by atoms with Crippen LogP contribution in [0.3, 0.4) is 0 Å². The number of phenolic OH excluding ortho intramolecular Hbond substituents is 1. The van der Waals surface area contributed by atoms with E-state index >= 15 is 0 Å². The second-order valence-corrected chi connectivity index (χ2v) is 6.34. The van der Waals surface area contributed by atoms with Crippen LogP contribution in [0.15, 0.2) is 42.5 Å². The molecule has 0 saturated carbocycles. The van der Waals surface area contributed by atoms with E-state index in [1.54, 1.807) is 0 Å². The van der Waals surface area contributed by atoms with E-state index in [9.17, 15) is 5.11 Å². The Kier molecular flexibility index (Phi) is 3.19. The summed E-state index contributed by atoms with van der Waals surface area (Å²) in [6.45, 7) is 1.04. The summed E-state index contributed by atoms with van der Waals surface area (Å²) in [5.74, 6) is 1.04. The number of benzene rings is 2. The maximum atomic E-state index is 9.74. The molecule has 0 fully saturated rings. The molecule has 0 amide bonds. The van der Waals surface area contributed by atoms with Crippen molar-refractivity contribution in [1.82, 2.24) is 5.32 Å². The third-order valence-electron chi connectivity index (χ3n) is 5.02. The van der Waals surface area contributed by atoms with Crippen LogP contribution in [0.1, 0.15) is 47.1 Å². The van der Waals surface area contributed by atoms with Gasteiger partial charge in [0.05, 0.1) is 0 Å². The van der Waals surface area contributed by atoms with Crippen molar-refractivity contribution in [2.24, 2.45) is 0 Å². The van der Waals surface area contributed by atoms with Gasteiger partial charge < -0.3 is 10.4 Å². The van der Waals surface area contributed by atoms with Gasteiger partial charge in [0.2, 0.25) is 0 Å². The lowest BCUT2D eigenvalue weighted by Gasteiger charge is -2.33. The van der Waals surface area contributed by atoms with Gasteiger partial charge in [-0.25, -0.2) is 0 Å². The van der Waals surface area contributed by atoms with E-state index in [4.69, 9.17) is 0 Å². The number of fused-ring (bicyclic) bond motifs is 2. The molecule has 2 heteroatoms. The van der Waals surface area contributed by atoms with Crippen LogP contribution >= 0.6 is 0 Å². The molecule has 0 radical (unpaired) electrons. The average Bonchev–Trinajstić information content (AvgIpc) is 2.48. The zero-order valence-electron chi connectivity index (χ0n) is 12.2. The van der Waals surface area contributed by atoms with Gasteiger partial charge in [-0.1, -0.05) is 30.3 Å². The standard InChI is InChI=1S/C19H21NO/c21-16-9-8-13-5-3-7-19(18(13)11-16)20-12-15-10-14-4-1-2-6-17(14)15/h1-2,4,6,8-9,11,15,19-21H,3,5,7,10,12H2. The Morgan fingerprint density at radius 1 is 1.05 bits per heavy atom. The first-order valence-corrected chi connectivity index (χ1v) is 7.94. The molecule has 0 bridgehead atoms. The van der Waals surface area contributed by atoms with Crippen LogP contribution in [0, 0.1) is 0 Å². The third-order valence-corrected chi connectivity index (χ3v) is 5.02. The maximum Gasteiger partial charge on any atom is 0.115 e. The molecule has 4 rings (SSSR count). The Morgan fingerprint density at radius 2 is 1.95 bits per heavy atom. The predicted molar refractivity (Wildman–Crippen MR) is 84.7 cm³/mol. The first kappa shape index (κ1) is 12.9. The van der Waals surface area contributed by atoms with Crippen LogP contribution in [0.25, 0.3) is 0 Å². The quantitative estimate of drug-likeness (QED) is 0.898. The Morgan fingerprint density at radius 3 is 2.86 bits per heavy atom. The molecule has 0 heterocycles. The number of hydrogen-bond acceptors (Lipinski definition) is 2. The van der Waals surface area contributed by atoms with Gasteiger partial charge in [0.15, 0.2) is 0 Å². The number of rotatable bonds is 3. The highest BCUT2D eigenvalue weighted by atomic mass is 16.3. The van der Waals surface area contributed by atoms with Gasteiger partial charge in [-0.2, -0.15) is 0 Å². The Hall–Kier alpha value is -1.80. The van der Waals surface area contributed by atoms with Crippen LogP contribution in [0.4, 0.5) is 0 Å². The minimum atomic E-state index is 0.386. The van der Waals surface area contributed by atoms with Crippen molar-refractivity contribution in [2.45, 2.75) is 37.6 Å². The van der Waals surface area contributed by atoms with E-state index in [1.807, 2.05) is 12.1 Å². The highest BCUT2D eigenvalue weighted by Gasteiger charge is 2.27. The minimum Gasteiger partial charge on any atom is -0.508 e. The summed E-state index contributed by atoms with van der Waals surface area (Å²) in [6.07, 6.45) is 4.74. The lowest BCUT2D eigenvalue weighted by molar-refractivity contribution is 0.420. The smallest absolute Gasteiger partial charge is 0.115 e. The lowest BCUT2D eigenvalue weighted by Crippen LogP contribution is -2.33. The molecule has 2 aliphatic rings. The van der Waals surface area contributed by atoms with E-state index < -0.39 is 0 Å². The second kappa shape index (κ2) is 5.19. The van der Waals surface area contributed by atoms with E-state index in [2.05, 4.69) is 35.6 Å².